The van der Waals surface area contributed by atoms with E-state index in [0.717, 1.165) is 11.5 Å². The van der Waals surface area contributed by atoms with Crippen molar-refractivity contribution in [3.63, 3.8) is 0 Å². The Balaban J connectivity index is 2.28. The average Bonchev–Trinajstić information content (AvgIpc) is 2.64. The molecule has 2 rings (SSSR count). The minimum absolute atomic E-state index is 0.148. The molecule has 0 fully saturated rings. The number of hydrogen-bond donors (Lipinski definition) is 0. The van der Waals surface area contributed by atoms with Crippen molar-refractivity contribution in [1.82, 2.24) is 0 Å². The summed E-state index contributed by atoms with van der Waals surface area (Å²) >= 11 is 0. The van der Waals surface area contributed by atoms with Gasteiger partial charge in [0, 0.05) is 5.56 Å². The van der Waals surface area contributed by atoms with Crippen LogP contribution in [0.25, 0.3) is 0 Å². The molecule has 0 aromatic heterocycles. The maximum Gasteiger partial charge on any atom is 0.217 e. The van der Waals surface area contributed by atoms with Gasteiger partial charge in [-0.2, -0.15) is 0 Å². The van der Waals surface area contributed by atoms with Crippen molar-refractivity contribution in [1.29, 1.82) is 0 Å². The van der Waals surface area contributed by atoms with Gasteiger partial charge in [0.15, 0.2) is 0 Å². The van der Waals surface area contributed by atoms with Gasteiger partial charge in [-0.3, -0.25) is 0 Å². The van der Waals surface area contributed by atoms with E-state index < -0.39 is 0 Å². The predicted octanol–water partition coefficient (Wildman–Crippen LogP) is 2.69. The third-order valence-corrected chi connectivity index (χ3v) is 3.73. The monoisotopic (exact) mass is 221 g/mol. The fraction of sp³-hybridized carbons (Fsp3) is 0.417. The number of nitrogens with zero attached hydrogens (tertiary/aromatic N) is 1. The highest BCUT2D eigenvalue weighted by Gasteiger charge is 2.35. The number of aliphatic imine (C=N–C) groups is 1. The molecule has 0 saturated heterocycles. The summed E-state index contributed by atoms with van der Waals surface area (Å²) in [6.45, 7) is 4.97. The van der Waals surface area contributed by atoms with Crippen LogP contribution in [0.2, 0.25) is 0 Å². The predicted molar refractivity (Wildman–Crippen MR) is 66.2 cm³/mol. The van der Waals surface area contributed by atoms with Crippen LogP contribution in [0.15, 0.2) is 35.3 Å². The van der Waals surface area contributed by atoms with Crippen LogP contribution in [0.4, 0.5) is 0 Å². The molecular weight excluding hydrogens is 205 g/mol. The Morgan fingerprint density at radius 2 is 2.00 bits per heavy atom. The molecule has 0 N–H and O–H groups in total. The summed E-state index contributed by atoms with van der Waals surface area (Å²) in [5.74, 6) is 1.23. The fourth-order valence-electron chi connectivity index (χ4n) is 1.46. The summed E-state index contributed by atoms with van der Waals surface area (Å²) in [4.78, 5) is 4.65. The zero-order valence-corrected chi connectivity index (χ0v) is 10.3. The van der Waals surface area contributed by atoms with E-state index in [4.69, 9.17) is 4.74 Å². The molecule has 3 heteroatoms. The molecule has 1 aliphatic heterocycles. The molecule has 1 aromatic carbocycles. The van der Waals surface area contributed by atoms with E-state index in [2.05, 4.69) is 28.1 Å². The van der Waals surface area contributed by atoms with Crippen molar-refractivity contribution < 1.29 is 4.74 Å². The minimum atomic E-state index is -0.148. The van der Waals surface area contributed by atoms with E-state index in [1.54, 1.807) is 0 Å². The van der Waals surface area contributed by atoms with E-state index in [9.17, 15) is 0 Å². The molecule has 1 aromatic rings. The van der Waals surface area contributed by atoms with Gasteiger partial charge in [0.25, 0.3) is 0 Å². The van der Waals surface area contributed by atoms with E-state index in [-0.39, 0.29) is 5.28 Å². The molecule has 0 radical (unpaired) electrons. The van der Waals surface area contributed by atoms with Crippen LogP contribution in [-0.4, -0.2) is 17.8 Å². The quantitative estimate of drug-likeness (QED) is 0.703. The molecule has 2 unspecified atom stereocenters. The molecule has 0 aliphatic carbocycles. The summed E-state index contributed by atoms with van der Waals surface area (Å²) in [6, 6.07) is 10.0. The Bertz CT molecular complexity index is 374. The highest BCUT2D eigenvalue weighted by atomic mass is 31.0. The van der Waals surface area contributed by atoms with Crippen molar-refractivity contribution in [2.45, 2.75) is 19.1 Å². The summed E-state index contributed by atoms with van der Waals surface area (Å²) in [7, 11) is 2.81. The molecule has 15 heavy (non-hydrogen) atoms. The summed E-state index contributed by atoms with van der Waals surface area (Å²) in [5.41, 5.74) is 1.06. The smallest absolute Gasteiger partial charge is 0.217 e. The van der Waals surface area contributed by atoms with Crippen molar-refractivity contribution in [3.05, 3.63) is 35.9 Å². The lowest BCUT2D eigenvalue weighted by molar-refractivity contribution is 0.273. The summed E-state index contributed by atoms with van der Waals surface area (Å²) in [6.07, 6.45) is 0. The number of rotatable bonds is 2. The third-order valence-electron chi connectivity index (χ3n) is 2.77. The number of ether oxygens (including phenoxy) is 1. The molecule has 0 bridgehead atoms. The molecule has 0 saturated carbocycles. The van der Waals surface area contributed by atoms with Crippen molar-refractivity contribution in [3.8, 4) is 0 Å². The van der Waals surface area contributed by atoms with Crippen LogP contribution in [0.3, 0.4) is 0 Å². The Hall–Kier alpha value is -0.880. The maximum atomic E-state index is 5.65. The average molecular weight is 221 g/mol. The maximum absolute atomic E-state index is 5.65. The summed E-state index contributed by atoms with van der Waals surface area (Å²) < 4.78 is 5.65. The molecule has 1 heterocycles. The Morgan fingerprint density at radius 1 is 1.33 bits per heavy atom. The second-order valence-electron chi connectivity index (χ2n) is 4.22. The molecule has 1 aliphatic rings. The molecule has 2 atom stereocenters. The Morgan fingerprint density at radius 3 is 2.53 bits per heavy atom. The van der Waals surface area contributed by atoms with Crippen molar-refractivity contribution >= 4 is 15.1 Å². The largest absolute Gasteiger partial charge is 0.474 e. The normalized spacial score (nSPS) is 25.2. The van der Waals surface area contributed by atoms with Crippen LogP contribution in [0, 0.1) is 5.92 Å². The lowest BCUT2D eigenvalue weighted by Crippen LogP contribution is -2.26. The second kappa shape index (κ2) is 3.94. The molecular formula is C12H16NOP. The molecule has 2 nitrogen and oxygen atoms in total. The van der Waals surface area contributed by atoms with Gasteiger partial charge >= 0.3 is 0 Å². The van der Waals surface area contributed by atoms with E-state index in [0.29, 0.717) is 12.5 Å². The standard InChI is InChI=1S/C12H16NOP/c1-9(2)12(15)8-14-11(13-12)10-6-4-3-5-7-10/h3-7,9H,8,15H2,1-2H3. The Labute approximate surface area is 93.0 Å². The van der Waals surface area contributed by atoms with Crippen molar-refractivity contribution in [2.75, 3.05) is 6.61 Å². The van der Waals surface area contributed by atoms with Crippen LogP contribution in [-0.2, 0) is 4.74 Å². The van der Waals surface area contributed by atoms with E-state index in [1.165, 1.54) is 0 Å². The lowest BCUT2D eigenvalue weighted by atomic mass is 10.1. The zero-order chi connectivity index (χ0) is 10.9. The van der Waals surface area contributed by atoms with E-state index >= 15 is 0 Å². The first-order chi connectivity index (χ1) is 7.12. The Kier molecular flexibility index (Phi) is 2.79. The van der Waals surface area contributed by atoms with Gasteiger partial charge in [0.2, 0.25) is 5.90 Å². The highest BCUT2D eigenvalue weighted by Crippen LogP contribution is 2.34. The van der Waals surface area contributed by atoms with E-state index in [1.807, 2.05) is 30.3 Å². The van der Waals surface area contributed by atoms with Crippen LogP contribution in [0.1, 0.15) is 19.4 Å². The van der Waals surface area contributed by atoms with Crippen molar-refractivity contribution in [2.24, 2.45) is 10.9 Å². The first kappa shape index (κ1) is 10.6. The first-order valence-electron chi connectivity index (χ1n) is 5.19. The lowest BCUT2D eigenvalue weighted by Gasteiger charge is -2.22. The van der Waals surface area contributed by atoms with Gasteiger partial charge in [0.1, 0.15) is 11.9 Å². The van der Waals surface area contributed by atoms with Crippen LogP contribution < -0.4 is 0 Å². The SMILES string of the molecule is CC(C)C1(P)COC(c2ccccc2)=N1. The highest BCUT2D eigenvalue weighted by molar-refractivity contribution is 7.19. The van der Waals surface area contributed by atoms with Gasteiger partial charge in [-0.05, 0) is 18.1 Å². The topological polar surface area (TPSA) is 21.6 Å². The molecule has 0 spiro atoms. The minimum Gasteiger partial charge on any atom is -0.474 e. The third kappa shape index (κ3) is 2.05. The number of benzene rings is 1. The summed E-state index contributed by atoms with van der Waals surface area (Å²) in [5, 5.41) is -0.148. The van der Waals surface area contributed by atoms with Gasteiger partial charge < -0.3 is 4.74 Å². The van der Waals surface area contributed by atoms with Crippen LogP contribution >= 0.6 is 9.24 Å². The first-order valence-corrected chi connectivity index (χ1v) is 5.76. The van der Waals surface area contributed by atoms with Gasteiger partial charge in [0.05, 0.1) is 0 Å². The van der Waals surface area contributed by atoms with Gasteiger partial charge in [-0.15, -0.1) is 9.24 Å². The zero-order valence-electron chi connectivity index (χ0n) is 9.10. The molecule has 80 valence electrons. The fourth-order valence-corrected chi connectivity index (χ4v) is 1.66. The number of hydrogen-bond acceptors (Lipinski definition) is 2. The molecule has 0 amide bonds. The van der Waals surface area contributed by atoms with Gasteiger partial charge in [-0.25, -0.2) is 4.99 Å². The van der Waals surface area contributed by atoms with Crippen LogP contribution in [0.5, 0.6) is 0 Å². The van der Waals surface area contributed by atoms with Gasteiger partial charge in [-0.1, -0.05) is 32.0 Å². The second-order valence-corrected chi connectivity index (χ2v) is 5.22.